The Labute approximate surface area is 134 Å². The molecular formula is C16H18ClNO4. The van der Waals surface area contributed by atoms with E-state index in [1.165, 1.54) is 0 Å². The van der Waals surface area contributed by atoms with Crippen LogP contribution in [0.3, 0.4) is 0 Å². The molecule has 22 heavy (non-hydrogen) atoms. The summed E-state index contributed by atoms with van der Waals surface area (Å²) >= 11 is 5.80. The van der Waals surface area contributed by atoms with Gasteiger partial charge in [-0.05, 0) is 42.8 Å². The maximum atomic E-state index is 11.8. The summed E-state index contributed by atoms with van der Waals surface area (Å²) in [6.45, 7) is 1.40. The molecule has 0 radical (unpaired) electrons. The fourth-order valence-corrected chi connectivity index (χ4v) is 1.89. The third kappa shape index (κ3) is 5.09. The van der Waals surface area contributed by atoms with Crippen molar-refractivity contribution >= 4 is 17.5 Å². The molecule has 1 aromatic heterocycles. The monoisotopic (exact) mass is 323 g/mol. The minimum atomic E-state index is -0.242. The molecule has 5 nitrogen and oxygen atoms in total. The SMILES string of the molecule is COCCCNC(=O)c1ccc(COc2ccc(Cl)cc2)o1. The average molecular weight is 324 g/mol. The Morgan fingerprint density at radius 2 is 2.00 bits per heavy atom. The van der Waals surface area contributed by atoms with Gasteiger partial charge in [-0.15, -0.1) is 0 Å². The van der Waals surface area contributed by atoms with E-state index in [1.54, 1.807) is 43.5 Å². The highest BCUT2D eigenvalue weighted by Crippen LogP contribution is 2.17. The molecule has 1 N–H and O–H groups in total. The van der Waals surface area contributed by atoms with E-state index in [1.807, 2.05) is 0 Å². The van der Waals surface area contributed by atoms with Crippen LogP contribution < -0.4 is 10.1 Å². The van der Waals surface area contributed by atoms with Gasteiger partial charge in [-0.1, -0.05) is 11.6 Å². The lowest BCUT2D eigenvalue weighted by Gasteiger charge is -2.04. The van der Waals surface area contributed by atoms with Gasteiger partial charge in [0.2, 0.25) is 0 Å². The van der Waals surface area contributed by atoms with Crippen LogP contribution in [0.5, 0.6) is 5.75 Å². The number of rotatable bonds is 8. The highest BCUT2D eigenvalue weighted by atomic mass is 35.5. The van der Waals surface area contributed by atoms with Crippen LogP contribution in [0.1, 0.15) is 22.7 Å². The summed E-state index contributed by atoms with van der Waals surface area (Å²) in [6.07, 6.45) is 0.759. The molecule has 0 aliphatic carbocycles. The summed E-state index contributed by atoms with van der Waals surface area (Å²) in [5, 5.41) is 3.41. The van der Waals surface area contributed by atoms with Crippen molar-refractivity contribution in [2.45, 2.75) is 13.0 Å². The lowest BCUT2D eigenvalue weighted by atomic mass is 10.3. The number of halogens is 1. The van der Waals surface area contributed by atoms with Gasteiger partial charge in [0.25, 0.3) is 5.91 Å². The number of carbonyl (C=O) groups excluding carboxylic acids is 1. The van der Waals surface area contributed by atoms with E-state index in [9.17, 15) is 4.79 Å². The molecule has 1 aromatic carbocycles. The molecule has 0 fully saturated rings. The van der Waals surface area contributed by atoms with Crippen LogP contribution in [0.4, 0.5) is 0 Å². The second-order valence-electron chi connectivity index (χ2n) is 4.61. The van der Waals surface area contributed by atoms with Crippen molar-refractivity contribution in [1.82, 2.24) is 5.32 Å². The molecule has 0 saturated carbocycles. The lowest BCUT2D eigenvalue weighted by Crippen LogP contribution is -2.24. The molecule has 0 aliphatic heterocycles. The van der Waals surface area contributed by atoms with Gasteiger partial charge >= 0.3 is 0 Å². The van der Waals surface area contributed by atoms with Crippen LogP contribution >= 0.6 is 11.6 Å². The summed E-state index contributed by atoms with van der Waals surface area (Å²) in [5.41, 5.74) is 0. The Morgan fingerprint density at radius 3 is 2.73 bits per heavy atom. The number of methoxy groups -OCH3 is 1. The van der Waals surface area contributed by atoms with Gasteiger partial charge in [-0.25, -0.2) is 0 Å². The summed E-state index contributed by atoms with van der Waals surface area (Å²) in [6, 6.07) is 10.4. The fourth-order valence-electron chi connectivity index (χ4n) is 1.77. The molecule has 6 heteroatoms. The predicted molar refractivity (Wildman–Crippen MR) is 83.3 cm³/mol. The third-order valence-corrected chi connectivity index (χ3v) is 3.14. The summed E-state index contributed by atoms with van der Waals surface area (Å²) in [5.74, 6) is 1.30. The Morgan fingerprint density at radius 1 is 1.23 bits per heavy atom. The first-order valence-electron chi connectivity index (χ1n) is 6.93. The van der Waals surface area contributed by atoms with E-state index in [2.05, 4.69) is 5.32 Å². The average Bonchev–Trinajstić information content (AvgIpc) is 3.00. The minimum absolute atomic E-state index is 0.242. The zero-order valence-electron chi connectivity index (χ0n) is 12.3. The zero-order chi connectivity index (χ0) is 15.8. The number of amides is 1. The second kappa shape index (κ2) is 8.46. The molecule has 118 valence electrons. The number of ether oxygens (including phenoxy) is 2. The van der Waals surface area contributed by atoms with E-state index in [0.717, 1.165) is 6.42 Å². The van der Waals surface area contributed by atoms with E-state index in [0.29, 0.717) is 29.7 Å². The molecular weight excluding hydrogens is 306 g/mol. The number of furan rings is 1. The van der Waals surface area contributed by atoms with E-state index >= 15 is 0 Å². The van der Waals surface area contributed by atoms with Gasteiger partial charge in [0.15, 0.2) is 5.76 Å². The zero-order valence-corrected chi connectivity index (χ0v) is 13.1. The first-order valence-corrected chi connectivity index (χ1v) is 7.31. The molecule has 0 aliphatic rings. The van der Waals surface area contributed by atoms with Gasteiger partial charge in [0, 0.05) is 25.3 Å². The Hall–Kier alpha value is -1.98. The standard InChI is InChI=1S/C16H18ClNO4/c1-20-10-2-9-18-16(19)15-8-7-14(22-15)11-21-13-5-3-12(17)4-6-13/h3-8H,2,9-11H2,1H3,(H,18,19). The van der Waals surface area contributed by atoms with Crippen molar-refractivity contribution in [3.63, 3.8) is 0 Å². The van der Waals surface area contributed by atoms with Gasteiger partial charge in [-0.2, -0.15) is 0 Å². The molecule has 0 spiro atoms. The van der Waals surface area contributed by atoms with Crippen molar-refractivity contribution in [2.75, 3.05) is 20.3 Å². The first-order chi connectivity index (χ1) is 10.7. The van der Waals surface area contributed by atoms with Crippen molar-refractivity contribution in [2.24, 2.45) is 0 Å². The molecule has 1 amide bonds. The van der Waals surface area contributed by atoms with Gasteiger partial charge in [0.1, 0.15) is 18.1 Å². The largest absolute Gasteiger partial charge is 0.486 e. The number of hydrogen-bond acceptors (Lipinski definition) is 4. The summed E-state index contributed by atoms with van der Waals surface area (Å²) in [4.78, 5) is 11.8. The third-order valence-electron chi connectivity index (χ3n) is 2.89. The Kier molecular flexibility index (Phi) is 6.30. The predicted octanol–water partition coefficient (Wildman–Crippen LogP) is 3.28. The van der Waals surface area contributed by atoms with Crippen LogP contribution in [0.25, 0.3) is 0 Å². The quantitative estimate of drug-likeness (QED) is 0.757. The maximum absolute atomic E-state index is 11.8. The lowest BCUT2D eigenvalue weighted by molar-refractivity contribution is 0.0917. The number of carbonyl (C=O) groups is 1. The van der Waals surface area contributed by atoms with E-state index in [4.69, 9.17) is 25.5 Å². The van der Waals surface area contributed by atoms with Gasteiger partial charge in [0.05, 0.1) is 0 Å². The smallest absolute Gasteiger partial charge is 0.286 e. The topological polar surface area (TPSA) is 60.7 Å². The summed E-state index contributed by atoms with van der Waals surface area (Å²) < 4.78 is 15.9. The van der Waals surface area contributed by atoms with Crippen molar-refractivity contribution in [3.8, 4) is 5.75 Å². The number of benzene rings is 1. The Balaban J connectivity index is 1.80. The highest BCUT2D eigenvalue weighted by Gasteiger charge is 2.10. The molecule has 2 aromatic rings. The van der Waals surface area contributed by atoms with Crippen LogP contribution in [-0.2, 0) is 11.3 Å². The van der Waals surface area contributed by atoms with Gasteiger partial charge in [-0.3, -0.25) is 4.79 Å². The fraction of sp³-hybridized carbons (Fsp3) is 0.312. The van der Waals surface area contributed by atoms with Crippen LogP contribution in [0, 0.1) is 0 Å². The van der Waals surface area contributed by atoms with Crippen LogP contribution in [-0.4, -0.2) is 26.2 Å². The molecule has 0 atom stereocenters. The number of hydrogen-bond donors (Lipinski definition) is 1. The van der Waals surface area contributed by atoms with Crippen LogP contribution in [0.2, 0.25) is 5.02 Å². The van der Waals surface area contributed by atoms with Crippen LogP contribution in [0.15, 0.2) is 40.8 Å². The van der Waals surface area contributed by atoms with Crippen molar-refractivity contribution < 1.29 is 18.7 Å². The Bertz CT molecular complexity index is 594. The second-order valence-corrected chi connectivity index (χ2v) is 5.05. The summed E-state index contributed by atoms with van der Waals surface area (Å²) in [7, 11) is 1.63. The maximum Gasteiger partial charge on any atom is 0.286 e. The minimum Gasteiger partial charge on any atom is -0.486 e. The molecule has 0 unspecified atom stereocenters. The number of nitrogens with one attached hydrogen (secondary N) is 1. The first kappa shape index (κ1) is 16.4. The van der Waals surface area contributed by atoms with Crippen molar-refractivity contribution in [3.05, 3.63) is 52.9 Å². The molecule has 0 saturated heterocycles. The highest BCUT2D eigenvalue weighted by molar-refractivity contribution is 6.30. The molecule has 1 heterocycles. The van der Waals surface area contributed by atoms with E-state index < -0.39 is 0 Å². The normalized spacial score (nSPS) is 10.5. The van der Waals surface area contributed by atoms with Crippen molar-refractivity contribution in [1.29, 1.82) is 0 Å². The molecule has 0 bridgehead atoms. The molecule has 2 rings (SSSR count). The van der Waals surface area contributed by atoms with Gasteiger partial charge < -0.3 is 19.2 Å². The van der Waals surface area contributed by atoms with E-state index in [-0.39, 0.29) is 18.3 Å².